The maximum absolute atomic E-state index is 13.1. The first-order chi connectivity index (χ1) is 14.5. The fraction of sp³-hybridized carbons (Fsp3) is 0.440. The summed E-state index contributed by atoms with van der Waals surface area (Å²) < 4.78 is 17.3. The van der Waals surface area contributed by atoms with Gasteiger partial charge in [-0.2, -0.15) is 0 Å². The predicted octanol–water partition coefficient (Wildman–Crippen LogP) is 4.63. The molecule has 1 heterocycles. The van der Waals surface area contributed by atoms with Crippen LogP contribution in [0.2, 0.25) is 0 Å². The third-order valence-corrected chi connectivity index (χ3v) is 6.32. The lowest BCUT2D eigenvalue weighted by Gasteiger charge is -2.32. The molecule has 2 aliphatic rings. The van der Waals surface area contributed by atoms with Crippen LogP contribution in [0.4, 0.5) is 0 Å². The molecule has 2 fully saturated rings. The lowest BCUT2D eigenvalue weighted by atomic mass is 9.72. The van der Waals surface area contributed by atoms with Crippen LogP contribution in [0.15, 0.2) is 60.7 Å². The van der Waals surface area contributed by atoms with Crippen molar-refractivity contribution in [1.29, 1.82) is 0 Å². The molecular weight excluding hydrogens is 380 g/mol. The summed E-state index contributed by atoms with van der Waals surface area (Å²) in [5, 5.41) is 0. The van der Waals surface area contributed by atoms with Crippen LogP contribution >= 0.6 is 0 Å². The molecule has 5 nitrogen and oxygen atoms in total. The minimum atomic E-state index is -0.574. The van der Waals surface area contributed by atoms with Gasteiger partial charge in [-0.05, 0) is 37.3 Å². The molecule has 2 aromatic rings. The second-order valence-electron chi connectivity index (χ2n) is 8.35. The Labute approximate surface area is 177 Å². The van der Waals surface area contributed by atoms with Crippen molar-refractivity contribution in [2.75, 3.05) is 0 Å². The molecule has 0 spiro atoms. The zero-order valence-corrected chi connectivity index (χ0v) is 17.6. The molecule has 30 heavy (non-hydrogen) atoms. The second-order valence-corrected chi connectivity index (χ2v) is 8.35. The maximum atomic E-state index is 13.1. The van der Waals surface area contributed by atoms with Crippen LogP contribution in [0.5, 0.6) is 0 Å². The normalized spacial score (nSPS) is 29.2. The van der Waals surface area contributed by atoms with Gasteiger partial charge in [0.2, 0.25) is 0 Å². The van der Waals surface area contributed by atoms with Crippen LogP contribution < -0.4 is 0 Å². The number of hydrogen-bond donors (Lipinski definition) is 0. The molecule has 158 valence electrons. The number of fused-ring (bicyclic) bond motifs is 1. The molecule has 1 saturated carbocycles. The molecule has 0 aromatic heterocycles. The second kappa shape index (κ2) is 8.60. The lowest BCUT2D eigenvalue weighted by Crippen LogP contribution is -2.43. The number of hydrogen-bond acceptors (Lipinski definition) is 5. The molecule has 7 atom stereocenters. The third-order valence-electron chi connectivity index (χ3n) is 6.32. The summed E-state index contributed by atoms with van der Waals surface area (Å²) in [4.78, 5) is 26.2. The SMILES string of the molecule is CC(OC(=O)C1CC2OC2C(C)C1C(=O)OC(C)c1ccccc1)c1ccccc1. The Kier molecular flexibility index (Phi) is 5.91. The van der Waals surface area contributed by atoms with Gasteiger partial charge >= 0.3 is 11.9 Å². The van der Waals surface area contributed by atoms with E-state index in [2.05, 4.69) is 0 Å². The van der Waals surface area contributed by atoms with E-state index in [0.29, 0.717) is 6.42 Å². The number of epoxide rings is 1. The van der Waals surface area contributed by atoms with Crippen molar-refractivity contribution in [2.45, 2.75) is 51.6 Å². The summed E-state index contributed by atoms with van der Waals surface area (Å²) in [6.07, 6.45) is -0.227. The molecular formula is C25H28O5. The van der Waals surface area contributed by atoms with Crippen LogP contribution in [0.25, 0.3) is 0 Å². The van der Waals surface area contributed by atoms with Crippen molar-refractivity contribution in [1.82, 2.24) is 0 Å². The summed E-state index contributed by atoms with van der Waals surface area (Å²) in [5.41, 5.74) is 1.85. The van der Waals surface area contributed by atoms with Crippen molar-refractivity contribution >= 4 is 11.9 Å². The van der Waals surface area contributed by atoms with Crippen LogP contribution in [0.1, 0.15) is 50.5 Å². The molecule has 0 amide bonds. The standard InChI is InChI=1S/C25H28O5/c1-15-22(25(27)29-17(3)19-12-8-5-9-13-19)20(14-21-23(15)30-21)24(26)28-16(2)18-10-6-4-7-11-18/h4-13,15-17,20-23H,14H2,1-3H3. The molecule has 2 aromatic carbocycles. The van der Waals surface area contributed by atoms with Gasteiger partial charge in [0, 0.05) is 0 Å². The monoisotopic (exact) mass is 408 g/mol. The van der Waals surface area contributed by atoms with E-state index in [1.54, 1.807) is 0 Å². The van der Waals surface area contributed by atoms with Crippen LogP contribution in [0.3, 0.4) is 0 Å². The van der Waals surface area contributed by atoms with Crippen LogP contribution in [-0.2, 0) is 23.8 Å². The molecule has 5 heteroatoms. The van der Waals surface area contributed by atoms with Gasteiger partial charge in [0.25, 0.3) is 0 Å². The first-order valence-electron chi connectivity index (χ1n) is 10.6. The van der Waals surface area contributed by atoms with Crippen LogP contribution in [-0.4, -0.2) is 24.1 Å². The Morgan fingerprint density at radius 3 is 1.90 bits per heavy atom. The van der Waals surface area contributed by atoms with Crippen LogP contribution in [0, 0.1) is 17.8 Å². The minimum Gasteiger partial charge on any atom is -0.458 e. The van der Waals surface area contributed by atoms with E-state index in [-0.39, 0.29) is 42.3 Å². The van der Waals surface area contributed by atoms with Gasteiger partial charge in [-0.15, -0.1) is 0 Å². The number of rotatable bonds is 6. The van der Waals surface area contributed by atoms with E-state index in [4.69, 9.17) is 14.2 Å². The Hall–Kier alpha value is -2.66. The van der Waals surface area contributed by atoms with Crippen molar-refractivity contribution in [3.05, 3.63) is 71.8 Å². The van der Waals surface area contributed by atoms with Gasteiger partial charge in [0.1, 0.15) is 12.2 Å². The number of benzene rings is 2. The average Bonchev–Trinajstić information content (AvgIpc) is 3.55. The third kappa shape index (κ3) is 4.26. The summed E-state index contributed by atoms with van der Waals surface area (Å²) >= 11 is 0. The van der Waals surface area contributed by atoms with Crippen molar-refractivity contribution in [2.24, 2.45) is 17.8 Å². The van der Waals surface area contributed by atoms with E-state index in [1.165, 1.54) is 0 Å². The van der Waals surface area contributed by atoms with E-state index in [1.807, 2.05) is 81.4 Å². The summed E-state index contributed by atoms with van der Waals surface area (Å²) in [6.45, 7) is 5.66. The zero-order chi connectivity index (χ0) is 21.3. The van der Waals surface area contributed by atoms with E-state index < -0.39 is 11.8 Å². The highest BCUT2D eigenvalue weighted by molar-refractivity contribution is 5.83. The highest BCUT2D eigenvalue weighted by Crippen LogP contribution is 2.48. The summed E-state index contributed by atoms with van der Waals surface area (Å²) in [6, 6.07) is 19.2. The molecule has 1 aliphatic heterocycles. The predicted molar refractivity (Wildman–Crippen MR) is 111 cm³/mol. The summed E-state index contributed by atoms with van der Waals surface area (Å²) in [5.74, 6) is -1.95. The van der Waals surface area contributed by atoms with Crippen molar-refractivity contribution < 1.29 is 23.8 Å². The number of esters is 2. The Bertz CT molecular complexity index is 881. The van der Waals surface area contributed by atoms with Gasteiger partial charge in [-0.3, -0.25) is 9.59 Å². The fourth-order valence-electron chi connectivity index (χ4n) is 4.50. The van der Waals surface area contributed by atoms with E-state index in [9.17, 15) is 9.59 Å². The van der Waals surface area contributed by atoms with Gasteiger partial charge in [-0.25, -0.2) is 0 Å². The molecule has 7 unspecified atom stereocenters. The smallest absolute Gasteiger partial charge is 0.310 e. The largest absolute Gasteiger partial charge is 0.458 e. The van der Waals surface area contributed by atoms with E-state index >= 15 is 0 Å². The highest BCUT2D eigenvalue weighted by atomic mass is 16.6. The van der Waals surface area contributed by atoms with Crippen molar-refractivity contribution in [3.8, 4) is 0 Å². The van der Waals surface area contributed by atoms with Gasteiger partial charge in [0.05, 0.1) is 24.0 Å². The maximum Gasteiger partial charge on any atom is 0.310 e. The molecule has 4 rings (SSSR count). The molecule has 0 bridgehead atoms. The summed E-state index contributed by atoms with van der Waals surface area (Å²) in [7, 11) is 0. The molecule has 1 saturated heterocycles. The fourth-order valence-corrected chi connectivity index (χ4v) is 4.50. The Morgan fingerprint density at radius 1 is 0.867 bits per heavy atom. The number of carbonyl (C=O) groups is 2. The topological polar surface area (TPSA) is 65.1 Å². The lowest BCUT2D eigenvalue weighted by molar-refractivity contribution is -0.170. The van der Waals surface area contributed by atoms with Crippen molar-refractivity contribution in [3.63, 3.8) is 0 Å². The van der Waals surface area contributed by atoms with Gasteiger partial charge in [0.15, 0.2) is 0 Å². The number of carbonyl (C=O) groups excluding carboxylic acids is 2. The van der Waals surface area contributed by atoms with Gasteiger partial charge < -0.3 is 14.2 Å². The highest BCUT2D eigenvalue weighted by Gasteiger charge is 2.58. The first-order valence-corrected chi connectivity index (χ1v) is 10.6. The Morgan fingerprint density at radius 2 is 1.37 bits per heavy atom. The Balaban J connectivity index is 1.48. The first kappa shape index (κ1) is 20.6. The number of ether oxygens (including phenoxy) is 3. The minimum absolute atomic E-state index is 0.0187. The molecule has 1 aliphatic carbocycles. The zero-order valence-electron chi connectivity index (χ0n) is 17.6. The quantitative estimate of drug-likeness (QED) is 0.515. The average molecular weight is 408 g/mol. The molecule has 0 N–H and O–H groups in total. The van der Waals surface area contributed by atoms with E-state index in [0.717, 1.165) is 11.1 Å². The van der Waals surface area contributed by atoms with Gasteiger partial charge in [-0.1, -0.05) is 67.6 Å². The molecule has 0 radical (unpaired) electrons.